The van der Waals surface area contributed by atoms with Gasteiger partial charge in [-0.05, 0) is 74.1 Å². The summed E-state index contributed by atoms with van der Waals surface area (Å²) in [6.45, 7) is 3.76. The van der Waals surface area contributed by atoms with Crippen molar-refractivity contribution >= 4 is 16.9 Å². The molecule has 152 valence electrons. The number of amides is 2. The van der Waals surface area contributed by atoms with Crippen molar-refractivity contribution < 1.29 is 18.0 Å². The van der Waals surface area contributed by atoms with Crippen LogP contribution in [0.1, 0.15) is 38.2 Å². The van der Waals surface area contributed by atoms with Crippen LogP contribution in [-0.4, -0.2) is 23.1 Å². The van der Waals surface area contributed by atoms with Gasteiger partial charge in [-0.25, -0.2) is 18.0 Å². The molecule has 1 heterocycles. The number of H-pyrrole nitrogens is 1. The summed E-state index contributed by atoms with van der Waals surface area (Å²) >= 11 is 0. The van der Waals surface area contributed by atoms with Crippen LogP contribution in [0, 0.1) is 17.5 Å². The van der Waals surface area contributed by atoms with Gasteiger partial charge >= 0.3 is 6.03 Å². The van der Waals surface area contributed by atoms with E-state index in [1.165, 1.54) is 18.2 Å². The summed E-state index contributed by atoms with van der Waals surface area (Å²) in [4.78, 5) is 15.0. The summed E-state index contributed by atoms with van der Waals surface area (Å²) in [5.41, 5.74) is 2.38. The molecule has 0 saturated heterocycles. The molecule has 1 aliphatic rings. The fraction of sp³-hybridized carbons (Fsp3) is 0.318. The number of benzene rings is 2. The molecule has 7 heteroatoms. The van der Waals surface area contributed by atoms with Crippen LogP contribution in [0.2, 0.25) is 0 Å². The molecule has 4 nitrogen and oxygen atoms in total. The quantitative estimate of drug-likeness (QED) is 0.553. The van der Waals surface area contributed by atoms with Crippen LogP contribution in [0.5, 0.6) is 0 Å². The maximum atomic E-state index is 14.4. The Morgan fingerprint density at radius 3 is 2.41 bits per heavy atom. The van der Waals surface area contributed by atoms with E-state index in [9.17, 15) is 18.0 Å². The molecule has 1 aromatic heterocycles. The number of carbonyl (C=O) groups is 1. The van der Waals surface area contributed by atoms with E-state index in [1.807, 2.05) is 13.8 Å². The highest BCUT2D eigenvalue weighted by Crippen LogP contribution is 2.45. The summed E-state index contributed by atoms with van der Waals surface area (Å²) < 4.78 is 41.7. The summed E-state index contributed by atoms with van der Waals surface area (Å²) in [5.74, 6) is -1.66. The Hall–Kier alpha value is -2.96. The third-order valence-electron chi connectivity index (χ3n) is 5.30. The fourth-order valence-electron chi connectivity index (χ4n) is 3.97. The van der Waals surface area contributed by atoms with E-state index in [0.717, 1.165) is 11.6 Å². The first-order valence-electron chi connectivity index (χ1n) is 9.65. The smallest absolute Gasteiger partial charge is 0.315 e. The average molecular weight is 401 g/mol. The van der Waals surface area contributed by atoms with Gasteiger partial charge in [0.15, 0.2) is 0 Å². The van der Waals surface area contributed by atoms with E-state index >= 15 is 0 Å². The number of hydrogen-bond acceptors (Lipinski definition) is 1. The zero-order chi connectivity index (χ0) is 20.7. The van der Waals surface area contributed by atoms with E-state index in [1.54, 1.807) is 12.1 Å². The van der Waals surface area contributed by atoms with E-state index in [-0.39, 0.29) is 35.4 Å². The molecule has 3 N–H and O–H groups in total. The van der Waals surface area contributed by atoms with Crippen LogP contribution in [-0.2, 0) is 0 Å². The van der Waals surface area contributed by atoms with Crippen molar-refractivity contribution in [2.75, 3.05) is 0 Å². The molecule has 3 aromatic rings. The number of aromatic amines is 1. The van der Waals surface area contributed by atoms with Gasteiger partial charge in [-0.3, -0.25) is 0 Å². The normalized spacial score (nSPS) is 18.7. The molecule has 0 radical (unpaired) electrons. The van der Waals surface area contributed by atoms with E-state index in [4.69, 9.17) is 0 Å². The van der Waals surface area contributed by atoms with Crippen LogP contribution in [0.25, 0.3) is 22.2 Å². The summed E-state index contributed by atoms with van der Waals surface area (Å²) in [5, 5.41) is 6.19. The summed E-state index contributed by atoms with van der Waals surface area (Å²) in [6, 6.07) is 7.87. The van der Waals surface area contributed by atoms with Crippen molar-refractivity contribution in [2.45, 2.75) is 44.7 Å². The van der Waals surface area contributed by atoms with Gasteiger partial charge in [0.05, 0.1) is 11.2 Å². The molecule has 0 spiro atoms. The Morgan fingerprint density at radius 2 is 1.76 bits per heavy atom. The first-order chi connectivity index (χ1) is 13.8. The van der Waals surface area contributed by atoms with Crippen molar-refractivity contribution in [2.24, 2.45) is 0 Å². The minimum absolute atomic E-state index is 0.0110. The molecular weight excluding hydrogens is 379 g/mol. The molecule has 2 amide bonds. The molecule has 0 bridgehead atoms. The van der Waals surface area contributed by atoms with Gasteiger partial charge in [0, 0.05) is 23.5 Å². The maximum Gasteiger partial charge on any atom is 0.315 e. The van der Waals surface area contributed by atoms with Gasteiger partial charge in [-0.15, -0.1) is 0 Å². The van der Waals surface area contributed by atoms with Crippen molar-refractivity contribution in [3.63, 3.8) is 0 Å². The monoisotopic (exact) mass is 401 g/mol. The lowest BCUT2D eigenvalue weighted by atomic mass is 9.74. The maximum absolute atomic E-state index is 14.4. The predicted octanol–water partition coefficient (Wildman–Crippen LogP) is 5.21. The second-order valence-electron chi connectivity index (χ2n) is 7.87. The van der Waals surface area contributed by atoms with Gasteiger partial charge in [0.2, 0.25) is 0 Å². The molecule has 1 aliphatic carbocycles. The molecule has 1 fully saturated rings. The van der Waals surface area contributed by atoms with Gasteiger partial charge in [-0.2, -0.15) is 0 Å². The lowest BCUT2D eigenvalue weighted by molar-refractivity contribution is 0.220. The number of aromatic nitrogens is 1. The number of carbonyl (C=O) groups excluding carboxylic acids is 1. The first-order valence-corrected chi connectivity index (χ1v) is 9.65. The Bertz CT molecular complexity index is 1050. The fourth-order valence-corrected chi connectivity index (χ4v) is 3.97. The molecule has 29 heavy (non-hydrogen) atoms. The lowest BCUT2D eigenvalue weighted by Crippen LogP contribution is -2.49. The van der Waals surface area contributed by atoms with Gasteiger partial charge in [0.25, 0.3) is 0 Å². The van der Waals surface area contributed by atoms with Crippen LogP contribution in [0.4, 0.5) is 18.0 Å². The topological polar surface area (TPSA) is 56.9 Å². The molecule has 1 saturated carbocycles. The second-order valence-corrected chi connectivity index (χ2v) is 7.87. The summed E-state index contributed by atoms with van der Waals surface area (Å²) in [6.07, 6.45) is 1.32. The Morgan fingerprint density at radius 1 is 1.07 bits per heavy atom. The number of rotatable bonds is 4. The number of fused-ring (bicyclic) bond motifs is 1. The van der Waals surface area contributed by atoms with Crippen LogP contribution in [0.3, 0.4) is 0 Å². The third kappa shape index (κ3) is 3.81. The lowest BCUT2D eigenvalue weighted by Gasteiger charge is -2.36. The molecule has 0 aliphatic heterocycles. The largest absolute Gasteiger partial charge is 0.352 e. The van der Waals surface area contributed by atoms with E-state index in [0.29, 0.717) is 29.5 Å². The molecule has 0 atom stereocenters. The minimum atomic E-state index is -0.667. The molecule has 4 rings (SSSR count). The Kier molecular flexibility index (Phi) is 4.98. The Labute approximate surface area is 166 Å². The van der Waals surface area contributed by atoms with Crippen molar-refractivity contribution in [1.82, 2.24) is 15.6 Å². The zero-order valence-corrected chi connectivity index (χ0v) is 16.2. The highest BCUT2D eigenvalue weighted by atomic mass is 19.1. The van der Waals surface area contributed by atoms with Gasteiger partial charge < -0.3 is 15.6 Å². The zero-order valence-electron chi connectivity index (χ0n) is 16.2. The molecule has 2 aromatic carbocycles. The van der Waals surface area contributed by atoms with E-state index < -0.39 is 11.6 Å². The SMILES string of the molecule is CC(C)NC(=O)NC1CC(c2c(-c3ccc(F)cc3)[nH]c3c(F)cc(F)cc23)C1. The number of nitrogens with one attached hydrogen (secondary N) is 3. The van der Waals surface area contributed by atoms with Crippen LogP contribution < -0.4 is 10.6 Å². The first kappa shape index (κ1) is 19.4. The van der Waals surface area contributed by atoms with Crippen LogP contribution in [0.15, 0.2) is 36.4 Å². The highest BCUT2D eigenvalue weighted by molar-refractivity contribution is 5.92. The van der Waals surface area contributed by atoms with Crippen molar-refractivity contribution in [3.8, 4) is 11.3 Å². The standard InChI is InChI=1S/C22H22F3N3O/c1-11(2)26-22(29)27-16-7-13(8-16)19-17-9-15(24)10-18(25)21(17)28-20(19)12-3-5-14(23)6-4-12/h3-6,9-11,13,16,28H,7-8H2,1-2H3,(H2,26,27,29). The number of halogens is 3. The van der Waals surface area contributed by atoms with Crippen molar-refractivity contribution in [3.05, 3.63) is 59.4 Å². The highest BCUT2D eigenvalue weighted by Gasteiger charge is 2.35. The predicted molar refractivity (Wildman–Crippen MR) is 106 cm³/mol. The summed E-state index contributed by atoms with van der Waals surface area (Å²) in [7, 11) is 0. The molecule has 0 unspecified atom stereocenters. The van der Waals surface area contributed by atoms with Gasteiger partial charge in [-0.1, -0.05) is 0 Å². The average Bonchev–Trinajstić information content (AvgIpc) is 2.97. The second kappa shape index (κ2) is 7.46. The number of hydrogen-bond donors (Lipinski definition) is 3. The van der Waals surface area contributed by atoms with Crippen molar-refractivity contribution in [1.29, 1.82) is 0 Å². The Balaban J connectivity index is 1.67. The van der Waals surface area contributed by atoms with Crippen LogP contribution >= 0.6 is 0 Å². The minimum Gasteiger partial charge on any atom is -0.352 e. The third-order valence-corrected chi connectivity index (χ3v) is 5.30. The van der Waals surface area contributed by atoms with Gasteiger partial charge in [0.1, 0.15) is 17.5 Å². The molecular formula is C22H22F3N3O. The van der Waals surface area contributed by atoms with E-state index in [2.05, 4.69) is 15.6 Å². The number of urea groups is 1.